The molecule has 4 rings (SSSR count). The normalized spacial score (nSPS) is 14.8. The van der Waals surface area contributed by atoms with Gasteiger partial charge in [0, 0.05) is 50.8 Å². The Bertz CT molecular complexity index is 1140. The Hall–Kier alpha value is -3.01. The predicted octanol–water partition coefficient (Wildman–Crippen LogP) is 3.86. The van der Waals surface area contributed by atoms with Gasteiger partial charge >= 0.3 is 6.18 Å². The van der Waals surface area contributed by atoms with E-state index < -0.39 is 11.7 Å². The molecule has 1 saturated heterocycles. The molecule has 170 valence electrons. The van der Waals surface area contributed by atoms with Gasteiger partial charge in [0.2, 0.25) is 0 Å². The Morgan fingerprint density at radius 3 is 2.25 bits per heavy atom. The zero-order chi connectivity index (χ0) is 23.2. The molecule has 0 spiro atoms. The summed E-state index contributed by atoms with van der Waals surface area (Å²) in [6, 6.07) is 4.84. The van der Waals surface area contributed by atoms with Crippen LogP contribution in [0, 0.1) is 13.8 Å². The lowest BCUT2D eigenvalue weighted by molar-refractivity contribution is -0.137. The number of alkyl halides is 3. The first-order valence-electron chi connectivity index (χ1n) is 10.0. The summed E-state index contributed by atoms with van der Waals surface area (Å²) in [6.07, 6.45) is -2.16. The van der Waals surface area contributed by atoms with E-state index in [9.17, 15) is 18.0 Å². The summed E-state index contributed by atoms with van der Waals surface area (Å²) in [4.78, 5) is 20.7. The van der Waals surface area contributed by atoms with Crippen molar-refractivity contribution in [3.05, 3.63) is 58.1 Å². The minimum Gasteiger partial charge on any atom is -0.352 e. The Balaban J connectivity index is 1.51. The maximum Gasteiger partial charge on any atom is 0.417 e. The molecule has 0 saturated carbocycles. The number of aryl methyl sites for hydroxylation is 3. The molecule has 0 aromatic carbocycles. The molecule has 3 aromatic heterocycles. The van der Waals surface area contributed by atoms with Crippen LogP contribution in [0.3, 0.4) is 0 Å². The Kier molecular flexibility index (Phi) is 5.66. The van der Waals surface area contributed by atoms with E-state index >= 15 is 0 Å². The van der Waals surface area contributed by atoms with Gasteiger partial charge in [-0.25, -0.2) is 4.98 Å². The van der Waals surface area contributed by atoms with Crippen LogP contribution in [0.25, 0.3) is 5.82 Å². The van der Waals surface area contributed by atoms with Gasteiger partial charge in [0.05, 0.1) is 16.8 Å². The van der Waals surface area contributed by atoms with Crippen LogP contribution in [-0.4, -0.2) is 56.3 Å². The lowest BCUT2D eigenvalue weighted by atomic mass is 10.2. The summed E-state index contributed by atoms with van der Waals surface area (Å²) in [5.74, 6) is 0.837. The van der Waals surface area contributed by atoms with Gasteiger partial charge in [0.15, 0.2) is 0 Å². The van der Waals surface area contributed by atoms with Crippen LogP contribution in [0.4, 0.5) is 19.0 Å². The lowest BCUT2D eigenvalue weighted by Crippen LogP contribution is -2.49. The van der Waals surface area contributed by atoms with E-state index in [1.54, 1.807) is 27.7 Å². The van der Waals surface area contributed by atoms with E-state index in [1.165, 1.54) is 0 Å². The number of piperazine rings is 1. The highest BCUT2D eigenvalue weighted by atomic mass is 35.5. The summed E-state index contributed by atoms with van der Waals surface area (Å²) in [7, 11) is 1.79. The van der Waals surface area contributed by atoms with Crippen LogP contribution in [0.15, 0.2) is 30.6 Å². The predicted molar refractivity (Wildman–Crippen MR) is 114 cm³/mol. The topological polar surface area (TPSA) is 59.2 Å². The van der Waals surface area contributed by atoms with Crippen molar-refractivity contribution in [3.8, 4) is 5.82 Å². The Morgan fingerprint density at radius 1 is 1.06 bits per heavy atom. The Labute approximate surface area is 188 Å². The fourth-order valence-electron chi connectivity index (χ4n) is 3.96. The number of carbonyl (C=O) groups is 1. The second-order valence-electron chi connectivity index (χ2n) is 7.76. The standard InChI is InChI=1S/C21H22ClF3N6O/c1-13-4-5-14(2)31(13)19-16(12-27-28(19)3)20(32)30-8-6-29(7-9-30)18-17(22)10-15(11-26-18)21(23,24)25/h4-5,10-12H,6-9H2,1-3H3. The number of hydrogen-bond donors (Lipinski definition) is 0. The van der Waals surface area contributed by atoms with Crippen LogP contribution >= 0.6 is 11.6 Å². The van der Waals surface area contributed by atoms with Gasteiger partial charge in [-0.2, -0.15) is 18.3 Å². The highest BCUT2D eigenvalue weighted by Crippen LogP contribution is 2.34. The average molecular weight is 467 g/mol. The zero-order valence-corrected chi connectivity index (χ0v) is 18.6. The smallest absolute Gasteiger partial charge is 0.352 e. The molecule has 1 fully saturated rings. The van der Waals surface area contributed by atoms with Gasteiger partial charge in [-0.3, -0.25) is 9.48 Å². The summed E-state index contributed by atoms with van der Waals surface area (Å²) in [5, 5.41) is 4.23. The molecule has 1 amide bonds. The lowest BCUT2D eigenvalue weighted by Gasteiger charge is -2.35. The van der Waals surface area contributed by atoms with Crippen LogP contribution in [0.5, 0.6) is 0 Å². The van der Waals surface area contributed by atoms with Crippen molar-refractivity contribution in [2.24, 2.45) is 7.05 Å². The molecule has 3 aromatic rings. The molecule has 0 N–H and O–H groups in total. The highest BCUT2D eigenvalue weighted by Gasteiger charge is 2.33. The van der Waals surface area contributed by atoms with E-state index in [0.29, 0.717) is 37.6 Å². The van der Waals surface area contributed by atoms with Gasteiger partial charge in [-0.1, -0.05) is 11.6 Å². The molecule has 1 aliphatic rings. The van der Waals surface area contributed by atoms with Crippen LogP contribution in [0.1, 0.15) is 27.3 Å². The van der Waals surface area contributed by atoms with E-state index in [4.69, 9.17) is 11.6 Å². The molecule has 11 heteroatoms. The second kappa shape index (κ2) is 8.16. The number of rotatable bonds is 3. The van der Waals surface area contributed by atoms with Gasteiger partial charge in [-0.15, -0.1) is 0 Å². The molecular weight excluding hydrogens is 445 g/mol. The molecule has 0 bridgehead atoms. The minimum atomic E-state index is -4.50. The maximum atomic E-state index is 13.3. The van der Waals surface area contributed by atoms with Crippen molar-refractivity contribution >= 4 is 23.3 Å². The highest BCUT2D eigenvalue weighted by molar-refractivity contribution is 6.33. The van der Waals surface area contributed by atoms with Crippen molar-refractivity contribution in [2.75, 3.05) is 31.1 Å². The maximum absolute atomic E-state index is 13.3. The SMILES string of the molecule is Cc1ccc(C)n1-c1c(C(=O)N2CCN(c3ncc(C(F)(F)F)cc3Cl)CC2)cnn1C. The van der Waals surface area contributed by atoms with Crippen LogP contribution in [0.2, 0.25) is 5.02 Å². The number of anilines is 1. The summed E-state index contributed by atoms with van der Waals surface area (Å²) < 4.78 is 42.3. The summed E-state index contributed by atoms with van der Waals surface area (Å²) >= 11 is 6.08. The second-order valence-corrected chi connectivity index (χ2v) is 8.17. The zero-order valence-electron chi connectivity index (χ0n) is 17.8. The molecule has 0 atom stereocenters. The number of aromatic nitrogens is 4. The largest absolute Gasteiger partial charge is 0.417 e. The molecule has 0 radical (unpaired) electrons. The molecule has 7 nitrogen and oxygen atoms in total. The first kappa shape index (κ1) is 22.2. The molecule has 4 heterocycles. The number of carbonyl (C=O) groups excluding carboxylic acids is 1. The van der Waals surface area contributed by atoms with Crippen molar-refractivity contribution < 1.29 is 18.0 Å². The van der Waals surface area contributed by atoms with Crippen LogP contribution in [-0.2, 0) is 13.2 Å². The van der Waals surface area contributed by atoms with E-state index in [1.807, 2.05) is 30.5 Å². The third kappa shape index (κ3) is 3.94. The molecule has 0 unspecified atom stereocenters. The van der Waals surface area contributed by atoms with E-state index in [2.05, 4.69) is 10.1 Å². The third-order valence-electron chi connectivity index (χ3n) is 5.64. The quantitative estimate of drug-likeness (QED) is 0.588. The number of nitrogens with zero attached hydrogens (tertiary/aromatic N) is 6. The number of hydrogen-bond acceptors (Lipinski definition) is 4. The first-order valence-corrected chi connectivity index (χ1v) is 10.4. The number of halogens is 4. The van der Waals surface area contributed by atoms with Crippen LogP contribution < -0.4 is 4.90 Å². The van der Waals surface area contributed by atoms with Gasteiger partial charge in [-0.05, 0) is 32.0 Å². The number of amides is 1. The fraction of sp³-hybridized carbons (Fsp3) is 0.381. The van der Waals surface area contributed by atoms with Crippen molar-refractivity contribution in [3.63, 3.8) is 0 Å². The molecule has 1 aliphatic heterocycles. The van der Waals surface area contributed by atoms with Crippen molar-refractivity contribution in [1.82, 2.24) is 24.2 Å². The first-order chi connectivity index (χ1) is 15.1. The van der Waals surface area contributed by atoms with E-state index in [-0.39, 0.29) is 16.7 Å². The fourth-order valence-corrected chi connectivity index (χ4v) is 4.25. The Morgan fingerprint density at radius 2 is 1.69 bits per heavy atom. The average Bonchev–Trinajstić information content (AvgIpc) is 3.28. The third-order valence-corrected chi connectivity index (χ3v) is 5.91. The summed E-state index contributed by atoms with van der Waals surface area (Å²) in [5.41, 5.74) is 1.59. The van der Waals surface area contributed by atoms with Gasteiger partial charge in [0.25, 0.3) is 5.91 Å². The monoisotopic (exact) mass is 466 g/mol. The van der Waals surface area contributed by atoms with Crippen molar-refractivity contribution in [1.29, 1.82) is 0 Å². The van der Waals surface area contributed by atoms with Crippen molar-refractivity contribution in [2.45, 2.75) is 20.0 Å². The summed E-state index contributed by atoms with van der Waals surface area (Å²) in [6.45, 7) is 5.51. The van der Waals surface area contributed by atoms with Gasteiger partial charge < -0.3 is 14.4 Å². The minimum absolute atomic E-state index is 0.0623. The molecule has 32 heavy (non-hydrogen) atoms. The van der Waals surface area contributed by atoms with Gasteiger partial charge in [0.1, 0.15) is 17.2 Å². The molecule has 0 aliphatic carbocycles. The van der Waals surface area contributed by atoms with E-state index in [0.717, 1.165) is 23.7 Å². The number of pyridine rings is 1. The molecular formula is C21H22ClF3N6O.